The fraction of sp³-hybridized carbons (Fsp3) is 0.600. The van der Waals surface area contributed by atoms with Crippen molar-refractivity contribution in [2.45, 2.75) is 58.0 Å². The van der Waals surface area contributed by atoms with Crippen molar-refractivity contribution in [2.75, 3.05) is 0 Å². The van der Waals surface area contributed by atoms with Crippen molar-refractivity contribution in [3.8, 4) is 0 Å². The van der Waals surface area contributed by atoms with Gasteiger partial charge in [-0.2, -0.15) is 0 Å². The summed E-state index contributed by atoms with van der Waals surface area (Å²) in [7, 11) is 0. The van der Waals surface area contributed by atoms with E-state index in [4.69, 9.17) is 0 Å². The van der Waals surface area contributed by atoms with Gasteiger partial charge in [-0.3, -0.25) is 0 Å². The highest BCUT2D eigenvalue weighted by atomic mass is 19.2. The van der Waals surface area contributed by atoms with Crippen LogP contribution in [0.1, 0.15) is 63.5 Å². The molecule has 1 atom stereocenters. The number of rotatable bonds is 8. The van der Waals surface area contributed by atoms with Gasteiger partial charge in [0, 0.05) is 0 Å². The van der Waals surface area contributed by atoms with E-state index in [1.807, 2.05) is 0 Å². The highest BCUT2D eigenvalue weighted by Crippen LogP contribution is 2.21. The minimum absolute atomic E-state index is 0.461. The Labute approximate surface area is 108 Å². The third-order valence-corrected chi connectivity index (χ3v) is 3.16. The summed E-state index contributed by atoms with van der Waals surface area (Å²) in [5.41, 5.74) is 0.461. The molecular weight excluding hydrogens is 234 g/mol. The summed E-state index contributed by atoms with van der Waals surface area (Å²) in [5.74, 6) is -1.76. The fourth-order valence-electron chi connectivity index (χ4n) is 2.00. The molecule has 1 nitrogen and oxygen atoms in total. The minimum atomic E-state index is -0.894. The number of hydrogen-bond acceptors (Lipinski definition) is 1. The summed E-state index contributed by atoms with van der Waals surface area (Å²) in [6.07, 6.45) is 6.81. The molecule has 0 spiro atoms. The normalized spacial score (nSPS) is 12.7. The lowest BCUT2D eigenvalue weighted by Crippen LogP contribution is -1.99. The molecule has 0 aliphatic carbocycles. The van der Waals surface area contributed by atoms with Crippen LogP contribution in [0.3, 0.4) is 0 Å². The number of aliphatic hydroxyl groups excluding tert-OH is 1. The second kappa shape index (κ2) is 8.20. The molecule has 0 aromatic heterocycles. The van der Waals surface area contributed by atoms with E-state index in [9.17, 15) is 13.9 Å². The summed E-state index contributed by atoms with van der Waals surface area (Å²) < 4.78 is 25.7. The molecule has 0 amide bonds. The fourth-order valence-corrected chi connectivity index (χ4v) is 2.00. The quantitative estimate of drug-likeness (QED) is 0.665. The molecule has 1 rings (SSSR count). The molecule has 0 saturated carbocycles. The molecule has 102 valence electrons. The highest BCUT2D eigenvalue weighted by Gasteiger charge is 2.10. The Balaban J connectivity index is 2.27. The first-order valence-corrected chi connectivity index (χ1v) is 6.78. The van der Waals surface area contributed by atoms with Gasteiger partial charge in [-0.25, -0.2) is 8.78 Å². The van der Waals surface area contributed by atoms with E-state index in [1.54, 1.807) is 0 Å². The first-order chi connectivity index (χ1) is 8.65. The van der Waals surface area contributed by atoms with E-state index in [0.29, 0.717) is 12.0 Å². The number of benzene rings is 1. The van der Waals surface area contributed by atoms with Gasteiger partial charge < -0.3 is 5.11 Å². The highest BCUT2D eigenvalue weighted by molar-refractivity contribution is 5.19. The molecule has 0 aliphatic heterocycles. The van der Waals surface area contributed by atoms with Gasteiger partial charge in [0.2, 0.25) is 0 Å². The minimum Gasteiger partial charge on any atom is -0.388 e. The molecular formula is C15H22F2O. The molecule has 0 bridgehead atoms. The maximum Gasteiger partial charge on any atom is 0.159 e. The van der Waals surface area contributed by atoms with Gasteiger partial charge >= 0.3 is 0 Å². The second-order valence-electron chi connectivity index (χ2n) is 4.75. The largest absolute Gasteiger partial charge is 0.388 e. The van der Waals surface area contributed by atoms with Crippen molar-refractivity contribution < 1.29 is 13.9 Å². The summed E-state index contributed by atoms with van der Waals surface area (Å²) in [6.45, 7) is 2.17. The van der Waals surface area contributed by atoms with Gasteiger partial charge in [0.1, 0.15) is 0 Å². The van der Waals surface area contributed by atoms with Crippen LogP contribution in [0, 0.1) is 11.6 Å². The van der Waals surface area contributed by atoms with E-state index < -0.39 is 17.7 Å². The maximum atomic E-state index is 13.0. The van der Waals surface area contributed by atoms with Crippen LogP contribution in [0.15, 0.2) is 18.2 Å². The van der Waals surface area contributed by atoms with Crippen LogP contribution in [0.4, 0.5) is 8.78 Å². The smallest absolute Gasteiger partial charge is 0.159 e. The van der Waals surface area contributed by atoms with Crippen LogP contribution in [0.5, 0.6) is 0 Å². The zero-order chi connectivity index (χ0) is 13.4. The summed E-state index contributed by atoms with van der Waals surface area (Å²) >= 11 is 0. The predicted octanol–water partition coefficient (Wildman–Crippen LogP) is 4.75. The van der Waals surface area contributed by atoms with Crippen molar-refractivity contribution >= 4 is 0 Å². The van der Waals surface area contributed by atoms with Crippen molar-refractivity contribution in [3.63, 3.8) is 0 Å². The zero-order valence-electron chi connectivity index (χ0n) is 11.0. The number of unbranched alkanes of at least 4 members (excludes halogenated alkanes) is 5. The number of aliphatic hydroxyl groups is 1. The van der Waals surface area contributed by atoms with Crippen molar-refractivity contribution in [3.05, 3.63) is 35.4 Å². The molecule has 1 aromatic rings. The Hall–Kier alpha value is -0.960. The van der Waals surface area contributed by atoms with Crippen molar-refractivity contribution in [1.82, 2.24) is 0 Å². The third-order valence-electron chi connectivity index (χ3n) is 3.16. The van der Waals surface area contributed by atoms with Gasteiger partial charge in [0.05, 0.1) is 6.10 Å². The van der Waals surface area contributed by atoms with Crippen LogP contribution in [-0.2, 0) is 0 Å². The van der Waals surface area contributed by atoms with E-state index in [-0.39, 0.29) is 0 Å². The molecule has 0 aliphatic rings. The lowest BCUT2D eigenvalue weighted by Gasteiger charge is -2.11. The SMILES string of the molecule is CCCCCCCCC(O)c1ccc(F)c(F)c1. The molecule has 18 heavy (non-hydrogen) atoms. The van der Waals surface area contributed by atoms with E-state index in [2.05, 4.69) is 6.92 Å². The number of halogens is 2. The topological polar surface area (TPSA) is 20.2 Å². The molecule has 0 saturated heterocycles. The van der Waals surface area contributed by atoms with Crippen LogP contribution in [0.25, 0.3) is 0 Å². The Morgan fingerprint density at radius 1 is 1.00 bits per heavy atom. The molecule has 0 heterocycles. The average Bonchev–Trinajstić information content (AvgIpc) is 2.36. The average molecular weight is 256 g/mol. The van der Waals surface area contributed by atoms with E-state index >= 15 is 0 Å². The lowest BCUT2D eigenvalue weighted by molar-refractivity contribution is 0.162. The molecule has 1 unspecified atom stereocenters. The van der Waals surface area contributed by atoms with E-state index in [0.717, 1.165) is 25.0 Å². The van der Waals surface area contributed by atoms with Gasteiger partial charge in [-0.05, 0) is 24.1 Å². The third kappa shape index (κ3) is 5.13. The van der Waals surface area contributed by atoms with Crippen molar-refractivity contribution in [2.24, 2.45) is 0 Å². The maximum absolute atomic E-state index is 13.0. The van der Waals surface area contributed by atoms with Crippen molar-refractivity contribution in [1.29, 1.82) is 0 Å². The van der Waals surface area contributed by atoms with Gasteiger partial charge in [0.25, 0.3) is 0 Å². The Bertz CT molecular complexity index is 352. The number of hydrogen-bond donors (Lipinski definition) is 1. The summed E-state index contributed by atoms with van der Waals surface area (Å²) in [6, 6.07) is 3.59. The molecule has 1 aromatic carbocycles. The standard InChI is InChI=1S/C15H22F2O/c1-2-3-4-5-6-7-8-15(18)12-9-10-13(16)14(17)11-12/h9-11,15,18H,2-8H2,1H3. The van der Waals surface area contributed by atoms with Crippen LogP contribution in [0.2, 0.25) is 0 Å². The second-order valence-corrected chi connectivity index (χ2v) is 4.75. The first kappa shape index (κ1) is 15.1. The molecule has 3 heteroatoms. The Kier molecular flexibility index (Phi) is 6.88. The van der Waals surface area contributed by atoms with Gasteiger partial charge in [-0.1, -0.05) is 51.5 Å². The summed E-state index contributed by atoms with van der Waals surface area (Å²) in [4.78, 5) is 0. The summed E-state index contributed by atoms with van der Waals surface area (Å²) in [5, 5.41) is 9.85. The molecule has 0 fully saturated rings. The first-order valence-electron chi connectivity index (χ1n) is 6.78. The van der Waals surface area contributed by atoms with Gasteiger partial charge in [-0.15, -0.1) is 0 Å². The molecule has 0 radical (unpaired) electrons. The van der Waals surface area contributed by atoms with Crippen LogP contribution >= 0.6 is 0 Å². The zero-order valence-corrected chi connectivity index (χ0v) is 11.0. The Morgan fingerprint density at radius 2 is 1.67 bits per heavy atom. The lowest BCUT2D eigenvalue weighted by atomic mass is 10.0. The van der Waals surface area contributed by atoms with Gasteiger partial charge in [0.15, 0.2) is 11.6 Å². The Morgan fingerprint density at radius 3 is 2.33 bits per heavy atom. The molecule has 1 N–H and O–H groups in total. The van der Waals surface area contributed by atoms with E-state index in [1.165, 1.54) is 31.7 Å². The monoisotopic (exact) mass is 256 g/mol. The van der Waals surface area contributed by atoms with Crippen LogP contribution in [-0.4, -0.2) is 5.11 Å². The van der Waals surface area contributed by atoms with Crippen LogP contribution < -0.4 is 0 Å². The predicted molar refractivity (Wildman–Crippen MR) is 69.3 cm³/mol.